The molecular formula is C15H13BrO2S. The smallest absolute Gasteiger partial charge is 0.335 e. The Morgan fingerprint density at radius 1 is 1.26 bits per heavy atom. The van der Waals surface area contributed by atoms with Gasteiger partial charge in [0.1, 0.15) is 0 Å². The molecule has 2 rings (SSSR count). The molecule has 0 atom stereocenters. The lowest BCUT2D eigenvalue weighted by atomic mass is 10.1. The van der Waals surface area contributed by atoms with Gasteiger partial charge in [0, 0.05) is 15.1 Å². The first-order valence-corrected chi connectivity index (χ1v) is 7.56. The van der Waals surface area contributed by atoms with E-state index in [9.17, 15) is 4.79 Å². The summed E-state index contributed by atoms with van der Waals surface area (Å²) in [6.07, 6.45) is 0. The van der Waals surface area contributed by atoms with E-state index in [0.717, 1.165) is 15.8 Å². The fourth-order valence-electron chi connectivity index (χ4n) is 1.67. The Kier molecular flexibility index (Phi) is 4.66. The van der Waals surface area contributed by atoms with Crippen molar-refractivity contribution in [1.82, 2.24) is 0 Å². The van der Waals surface area contributed by atoms with Crippen LogP contribution in [0.3, 0.4) is 0 Å². The van der Waals surface area contributed by atoms with E-state index in [0.29, 0.717) is 5.56 Å². The van der Waals surface area contributed by atoms with Crippen LogP contribution in [0.25, 0.3) is 0 Å². The summed E-state index contributed by atoms with van der Waals surface area (Å²) in [6.45, 7) is 2.09. The molecule has 0 bridgehead atoms. The number of carboxylic acid groups (broad SMARTS) is 1. The van der Waals surface area contributed by atoms with Gasteiger partial charge < -0.3 is 5.11 Å². The molecule has 0 spiro atoms. The zero-order chi connectivity index (χ0) is 13.8. The normalized spacial score (nSPS) is 10.4. The van der Waals surface area contributed by atoms with Crippen molar-refractivity contribution in [2.24, 2.45) is 0 Å². The summed E-state index contributed by atoms with van der Waals surface area (Å²) in [6, 6.07) is 13.4. The SMILES string of the molecule is Cc1ccccc1SCc1ccc(C(=O)O)cc1Br. The van der Waals surface area contributed by atoms with Crippen molar-refractivity contribution in [3.63, 3.8) is 0 Å². The first-order valence-electron chi connectivity index (χ1n) is 5.78. The molecule has 0 aromatic heterocycles. The third kappa shape index (κ3) is 3.61. The van der Waals surface area contributed by atoms with Gasteiger partial charge in [-0.1, -0.05) is 40.2 Å². The Morgan fingerprint density at radius 2 is 2.00 bits per heavy atom. The molecule has 98 valence electrons. The fourth-order valence-corrected chi connectivity index (χ4v) is 3.41. The summed E-state index contributed by atoms with van der Waals surface area (Å²) in [5.41, 5.74) is 2.65. The summed E-state index contributed by atoms with van der Waals surface area (Å²) >= 11 is 5.18. The maximum Gasteiger partial charge on any atom is 0.335 e. The van der Waals surface area contributed by atoms with Gasteiger partial charge in [0.05, 0.1) is 5.56 Å². The molecule has 2 aromatic rings. The molecule has 0 aliphatic heterocycles. The highest BCUT2D eigenvalue weighted by Crippen LogP contribution is 2.29. The molecule has 0 aliphatic carbocycles. The van der Waals surface area contributed by atoms with Crippen molar-refractivity contribution < 1.29 is 9.90 Å². The van der Waals surface area contributed by atoms with Gasteiger partial charge in [-0.2, -0.15) is 0 Å². The Hall–Kier alpha value is -1.26. The monoisotopic (exact) mass is 336 g/mol. The van der Waals surface area contributed by atoms with Gasteiger partial charge in [-0.05, 0) is 36.2 Å². The minimum atomic E-state index is -0.904. The summed E-state index contributed by atoms with van der Waals surface area (Å²) < 4.78 is 0.841. The minimum Gasteiger partial charge on any atom is -0.478 e. The Labute approximate surface area is 125 Å². The van der Waals surface area contributed by atoms with Crippen molar-refractivity contribution >= 4 is 33.7 Å². The van der Waals surface area contributed by atoms with E-state index < -0.39 is 5.97 Å². The van der Waals surface area contributed by atoms with E-state index in [2.05, 4.69) is 35.0 Å². The number of halogens is 1. The van der Waals surface area contributed by atoms with Crippen LogP contribution in [0.1, 0.15) is 21.5 Å². The lowest BCUT2D eigenvalue weighted by Gasteiger charge is -2.07. The van der Waals surface area contributed by atoms with Gasteiger partial charge in [-0.3, -0.25) is 0 Å². The summed E-state index contributed by atoms with van der Waals surface area (Å²) in [7, 11) is 0. The standard InChI is InChI=1S/C15H13BrO2S/c1-10-4-2-3-5-14(10)19-9-12-7-6-11(15(17)18)8-13(12)16/h2-8H,9H2,1H3,(H,17,18). The molecule has 2 nitrogen and oxygen atoms in total. The molecule has 19 heavy (non-hydrogen) atoms. The van der Waals surface area contributed by atoms with Crippen molar-refractivity contribution in [2.75, 3.05) is 0 Å². The molecule has 0 saturated carbocycles. The zero-order valence-corrected chi connectivity index (χ0v) is 12.8. The molecule has 2 aromatic carbocycles. The number of hydrogen-bond acceptors (Lipinski definition) is 2. The van der Waals surface area contributed by atoms with E-state index in [4.69, 9.17) is 5.11 Å². The predicted octanol–water partition coefficient (Wildman–Crippen LogP) is 4.75. The molecule has 0 fully saturated rings. The molecule has 4 heteroatoms. The number of hydrogen-bond donors (Lipinski definition) is 1. The number of aryl methyl sites for hydroxylation is 1. The van der Waals surface area contributed by atoms with E-state index >= 15 is 0 Å². The molecular weight excluding hydrogens is 324 g/mol. The number of carbonyl (C=O) groups is 1. The van der Waals surface area contributed by atoms with Crippen LogP contribution in [-0.2, 0) is 5.75 Å². The Morgan fingerprint density at radius 3 is 2.63 bits per heavy atom. The van der Waals surface area contributed by atoms with E-state index in [1.165, 1.54) is 10.5 Å². The van der Waals surface area contributed by atoms with Gasteiger partial charge in [0.15, 0.2) is 0 Å². The average Bonchev–Trinajstić information content (AvgIpc) is 2.39. The third-order valence-corrected chi connectivity index (χ3v) is 4.74. The second kappa shape index (κ2) is 6.26. The third-order valence-electron chi connectivity index (χ3n) is 2.78. The average molecular weight is 337 g/mol. The highest BCUT2D eigenvalue weighted by molar-refractivity contribution is 9.10. The molecule has 0 saturated heterocycles. The van der Waals surface area contributed by atoms with E-state index in [-0.39, 0.29) is 0 Å². The van der Waals surface area contributed by atoms with Crippen LogP contribution >= 0.6 is 27.7 Å². The van der Waals surface area contributed by atoms with Crippen LogP contribution in [0.5, 0.6) is 0 Å². The second-order valence-electron chi connectivity index (χ2n) is 4.17. The van der Waals surface area contributed by atoms with Gasteiger partial charge in [-0.15, -0.1) is 11.8 Å². The van der Waals surface area contributed by atoms with Crippen LogP contribution in [0.4, 0.5) is 0 Å². The van der Waals surface area contributed by atoms with Crippen molar-refractivity contribution in [1.29, 1.82) is 0 Å². The first-order chi connectivity index (χ1) is 9.08. The van der Waals surface area contributed by atoms with E-state index in [1.807, 2.05) is 18.2 Å². The quantitative estimate of drug-likeness (QED) is 0.818. The minimum absolute atomic E-state index is 0.302. The topological polar surface area (TPSA) is 37.3 Å². The van der Waals surface area contributed by atoms with Crippen LogP contribution in [0, 0.1) is 6.92 Å². The second-order valence-corrected chi connectivity index (χ2v) is 6.04. The lowest BCUT2D eigenvalue weighted by Crippen LogP contribution is -1.96. The van der Waals surface area contributed by atoms with Crippen LogP contribution in [-0.4, -0.2) is 11.1 Å². The lowest BCUT2D eigenvalue weighted by molar-refractivity contribution is 0.0697. The van der Waals surface area contributed by atoms with Crippen LogP contribution < -0.4 is 0 Å². The first kappa shape index (κ1) is 14.2. The maximum absolute atomic E-state index is 10.9. The maximum atomic E-state index is 10.9. The molecule has 0 aliphatic rings. The summed E-state index contributed by atoms with van der Waals surface area (Å²) in [5, 5.41) is 8.92. The Balaban J connectivity index is 2.12. The number of rotatable bonds is 4. The molecule has 0 amide bonds. The van der Waals surface area contributed by atoms with Gasteiger partial charge in [-0.25, -0.2) is 4.79 Å². The van der Waals surface area contributed by atoms with Crippen LogP contribution in [0.15, 0.2) is 51.8 Å². The molecule has 1 N–H and O–H groups in total. The van der Waals surface area contributed by atoms with Crippen LogP contribution in [0.2, 0.25) is 0 Å². The van der Waals surface area contributed by atoms with Gasteiger partial charge in [0.2, 0.25) is 0 Å². The predicted molar refractivity (Wildman–Crippen MR) is 81.8 cm³/mol. The number of carboxylic acids is 1. The van der Waals surface area contributed by atoms with Crippen molar-refractivity contribution in [3.8, 4) is 0 Å². The van der Waals surface area contributed by atoms with E-state index in [1.54, 1.807) is 23.9 Å². The summed E-state index contributed by atoms with van der Waals surface area (Å²) in [4.78, 5) is 12.1. The van der Waals surface area contributed by atoms with Crippen molar-refractivity contribution in [3.05, 3.63) is 63.6 Å². The summed E-state index contributed by atoms with van der Waals surface area (Å²) in [5.74, 6) is -0.0930. The zero-order valence-electron chi connectivity index (χ0n) is 10.4. The number of benzene rings is 2. The van der Waals surface area contributed by atoms with Gasteiger partial charge in [0.25, 0.3) is 0 Å². The largest absolute Gasteiger partial charge is 0.478 e. The van der Waals surface area contributed by atoms with Gasteiger partial charge >= 0.3 is 5.97 Å². The molecule has 0 radical (unpaired) electrons. The highest BCUT2D eigenvalue weighted by atomic mass is 79.9. The number of thioether (sulfide) groups is 1. The Bertz CT molecular complexity index is 611. The van der Waals surface area contributed by atoms with Crippen molar-refractivity contribution in [2.45, 2.75) is 17.6 Å². The highest BCUT2D eigenvalue weighted by Gasteiger charge is 2.07. The molecule has 0 heterocycles. The molecule has 0 unspecified atom stereocenters. The number of aromatic carboxylic acids is 1. The fraction of sp³-hybridized carbons (Fsp3) is 0.133.